The van der Waals surface area contributed by atoms with Crippen molar-refractivity contribution in [1.29, 1.82) is 0 Å². The number of hydrogen-bond donors (Lipinski definition) is 1. The molecular weight excluding hydrogens is 464 g/mol. The molecule has 0 spiro atoms. The Kier molecular flexibility index (Phi) is 6.97. The van der Waals surface area contributed by atoms with Crippen LogP contribution in [-0.2, 0) is 28.9 Å². The minimum Gasteiger partial charge on any atom is -0.465 e. The number of nitrogens with zero attached hydrogens (tertiary/aromatic N) is 3. The average molecular weight is 495 g/mol. The molecule has 1 fully saturated rings. The van der Waals surface area contributed by atoms with Gasteiger partial charge in [-0.05, 0) is 63.6 Å². The van der Waals surface area contributed by atoms with Gasteiger partial charge in [-0.15, -0.1) is 11.3 Å². The number of methoxy groups -OCH3 is 1. The summed E-state index contributed by atoms with van der Waals surface area (Å²) in [5.74, 6) is 0.524. The van der Waals surface area contributed by atoms with Crippen molar-refractivity contribution < 1.29 is 18.8 Å². The Morgan fingerprint density at radius 1 is 1.26 bits per heavy atom. The highest BCUT2D eigenvalue weighted by molar-refractivity contribution is 7.17. The van der Waals surface area contributed by atoms with Crippen LogP contribution in [0.25, 0.3) is 11.4 Å². The first-order valence-corrected chi connectivity index (χ1v) is 13.0. The van der Waals surface area contributed by atoms with Gasteiger partial charge in [-0.25, -0.2) is 4.79 Å². The number of nitrogens with one attached hydrogen (secondary N) is 1. The fourth-order valence-corrected chi connectivity index (χ4v) is 6.29. The molecule has 1 unspecified atom stereocenters. The van der Waals surface area contributed by atoms with Crippen LogP contribution in [0, 0.1) is 12.8 Å². The average Bonchev–Trinajstić information content (AvgIpc) is 3.48. The van der Waals surface area contributed by atoms with Crippen molar-refractivity contribution in [2.75, 3.05) is 25.5 Å². The number of esters is 1. The highest BCUT2D eigenvalue weighted by atomic mass is 32.1. The van der Waals surface area contributed by atoms with Crippen LogP contribution in [0.3, 0.4) is 0 Å². The first kappa shape index (κ1) is 23.7. The van der Waals surface area contributed by atoms with E-state index in [2.05, 4.69) is 20.4 Å². The molecule has 35 heavy (non-hydrogen) atoms. The van der Waals surface area contributed by atoms with Crippen molar-refractivity contribution in [3.05, 3.63) is 51.7 Å². The van der Waals surface area contributed by atoms with Gasteiger partial charge >= 0.3 is 5.97 Å². The molecular formula is C26H30N4O4S. The largest absolute Gasteiger partial charge is 0.465 e. The maximum Gasteiger partial charge on any atom is 0.341 e. The third-order valence-corrected chi connectivity index (χ3v) is 7.98. The van der Waals surface area contributed by atoms with Gasteiger partial charge in [-0.3, -0.25) is 9.69 Å². The van der Waals surface area contributed by atoms with Gasteiger partial charge in [0.2, 0.25) is 17.6 Å². The molecule has 184 valence electrons. The van der Waals surface area contributed by atoms with E-state index < -0.39 is 0 Å². The number of fused-ring (bicyclic) bond motifs is 1. The molecule has 3 aromatic rings. The molecule has 1 aromatic carbocycles. The van der Waals surface area contributed by atoms with E-state index in [1.54, 1.807) is 0 Å². The Morgan fingerprint density at radius 3 is 2.94 bits per heavy atom. The number of rotatable bonds is 6. The zero-order valence-electron chi connectivity index (χ0n) is 20.1. The maximum atomic E-state index is 13.2. The number of carbonyl (C=O) groups excluding carboxylic acids is 2. The molecule has 3 heterocycles. The first-order valence-electron chi connectivity index (χ1n) is 12.2. The minimum absolute atomic E-state index is 0.0515. The topological polar surface area (TPSA) is 97.6 Å². The summed E-state index contributed by atoms with van der Waals surface area (Å²) >= 11 is 1.52. The van der Waals surface area contributed by atoms with Crippen molar-refractivity contribution in [3.8, 4) is 11.4 Å². The Bertz CT molecular complexity index is 1230. The van der Waals surface area contributed by atoms with Gasteiger partial charge in [0.25, 0.3) is 0 Å². The first-order chi connectivity index (χ1) is 17.0. The molecule has 1 aliphatic carbocycles. The number of piperidine rings is 1. The number of thiophene rings is 1. The number of carbonyl (C=O) groups is 2. The molecule has 0 saturated carbocycles. The summed E-state index contributed by atoms with van der Waals surface area (Å²) in [5.41, 5.74) is 3.66. The van der Waals surface area contributed by atoms with Gasteiger partial charge in [0.1, 0.15) is 5.00 Å². The smallest absolute Gasteiger partial charge is 0.341 e. The van der Waals surface area contributed by atoms with Gasteiger partial charge in [0.05, 0.1) is 25.1 Å². The molecule has 0 radical (unpaired) electrons. The molecule has 1 atom stereocenters. The molecule has 1 saturated heterocycles. The van der Waals surface area contributed by atoms with Crippen molar-refractivity contribution >= 4 is 28.2 Å². The van der Waals surface area contributed by atoms with Gasteiger partial charge in [0, 0.05) is 17.0 Å². The number of amides is 1. The van der Waals surface area contributed by atoms with Crippen LogP contribution in [0.2, 0.25) is 0 Å². The summed E-state index contributed by atoms with van der Waals surface area (Å²) in [6, 6.07) is 8.00. The van der Waals surface area contributed by atoms with Gasteiger partial charge < -0.3 is 14.6 Å². The highest BCUT2D eigenvalue weighted by Gasteiger charge is 2.31. The van der Waals surface area contributed by atoms with E-state index >= 15 is 0 Å². The van der Waals surface area contributed by atoms with Gasteiger partial charge in [-0.2, -0.15) is 4.98 Å². The fraction of sp³-hybridized carbons (Fsp3) is 0.462. The number of hydrogen-bond acceptors (Lipinski definition) is 8. The van der Waals surface area contributed by atoms with E-state index in [1.807, 2.05) is 31.2 Å². The van der Waals surface area contributed by atoms with E-state index in [0.29, 0.717) is 35.4 Å². The summed E-state index contributed by atoms with van der Waals surface area (Å²) in [7, 11) is 1.39. The zero-order valence-corrected chi connectivity index (χ0v) is 21.0. The van der Waals surface area contributed by atoms with Crippen LogP contribution in [0.1, 0.15) is 57.9 Å². The maximum absolute atomic E-state index is 13.2. The molecule has 8 nitrogen and oxygen atoms in total. The Balaban J connectivity index is 1.25. The van der Waals surface area contributed by atoms with Crippen molar-refractivity contribution in [3.63, 3.8) is 0 Å². The summed E-state index contributed by atoms with van der Waals surface area (Å²) in [5, 5.41) is 7.83. The quantitative estimate of drug-likeness (QED) is 0.499. The van der Waals surface area contributed by atoms with E-state index in [4.69, 9.17) is 9.26 Å². The second kappa shape index (κ2) is 10.3. The third kappa shape index (κ3) is 5.16. The highest BCUT2D eigenvalue weighted by Crippen LogP contribution is 2.39. The number of likely N-dealkylation sites (tertiary alicyclic amines) is 1. The normalized spacial score (nSPS) is 18.2. The Morgan fingerprint density at radius 2 is 2.11 bits per heavy atom. The fourth-order valence-electron chi connectivity index (χ4n) is 5.01. The number of anilines is 1. The summed E-state index contributed by atoms with van der Waals surface area (Å²) in [6.07, 6.45) is 5.69. The van der Waals surface area contributed by atoms with Crippen LogP contribution in [0.4, 0.5) is 5.00 Å². The second-order valence-electron chi connectivity index (χ2n) is 9.35. The summed E-state index contributed by atoms with van der Waals surface area (Å²) in [6.45, 7) is 4.01. The summed E-state index contributed by atoms with van der Waals surface area (Å²) in [4.78, 5) is 33.7. The van der Waals surface area contributed by atoms with E-state index in [-0.39, 0.29) is 17.8 Å². The van der Waals surface area contributed by atoms with Crippen molar-refractivity contribution in [2.45, 2.75) is 52.0 Å². The third-order valence-electron chi connectivity index (χ3n) is 6.78. The minimum atomic E-state index is -0.370. The van der Waals surface area contributed by atoms with E-state index in [9.17, 15) is 9.59 Å². The predicted molar refractivity (Wildman–Crippen MR) is 133 cm³/mol. The lowest BCUT2D eigenvalue weighted by Crippen LogP contribution is -2.40. The lowest BCUT2D eigenvalue weighted by molar-refractivity contribution is -0.121. The molecule has 0 bridgehead atoms. The molecule has 2 aromatic heterocycles. The van der Waals surface area contributed by atoms with Gasteiger partial charge in [-0.1, -0.05) is 28.9 Å². The number of benzene rings is 1. The van der Waals surface area contributed by atoms with Crippen LogP contribution in [-0.4, -0.2) is 47.1 Å². The Labute approximate surface area is 208 Å². The molecule has 5 rings (SSSR count). The summed E-state index contributed by atoms with van der Waals surface area (Å²) < 4.78 is 10.5. The van der Waals surface area contributed by atoms with E-state index in [1.165, 1.54) is 23.3 Å². The lowest BCUT2D eigenvalue weighted by Gasteiger charge is -2.30. The Hall–Kier alpha value is -3.04. The SMILES string of the molecule is COC(=O)c1c(NC(=O)C2CCCN(Cc3nc(-c4cccc(C)c4)no3)C2)sc2c1CCCC2. The molecule has 9 heteroatoms. The number of aromatic nitrogens is 2. The van der Waals surface area contributed by atoms with Crippen molar-refractivity contribution in [2.24, 2.45) is 5.92 Å². The van der Waals surface area contributed by atoms with Crippen LogP contribution < -0.4 is 5.32 Å². The van der Waals surface area contributed by atoms with Crippen LogP contribution in [0.15, 0.2) is 28.8 Å². The monoisotopic (exact) mass is 494 g/mol. The lowest BCUT2D eigenvalue weighted by atomic mass is 9.95. The number of aryl methyl sites for hydroxylation is 2. The van der Waals surface area contributed by atoms with E-state index in [0.717, 1.165) is 61.8 Å². The molecule has 1 aliphatic heterocycles. The van der Waals surface area contributed by atoms with Crippen molar-refractivity contribution in [1.82, 2.24) is 15.0 Å². The van der Waals surface area contributed by atoms with Gasteiger partial charge in [0.15, 0.2) is 0 Å². The van der Waals surface area contributed by atoms with Crippen LogP contribution in [0.5, 0.6) is 0 Å². The molecule has 2 aliphatic rings. The molecule has 1 amide bonds. The molecule has 1 N–H and O–H groups in total. The zero-order chi connectivity index (χ0) is 24.4. The second-order valence-corrected chi connectivity index (χ2v) is 10.5. The van der Waals surface area contributed by atoms with Crippen LogP contribution >= 0.6 is 11.3 Å². The standard InChI is InChI=1S/C26H30N4O4S/c1-16-7-5-8-17(13-16)23-27-21(34-29-23)15-30-12-6-9-18(14-30)24(31)28-25-22(26(32)33-2)19-10-3-4-11-20(19)35-25/h5,7-8,13,18H,3-4,6,9-12,14-15H2,1-2H3,(H,28,31). The number of ether oxygens (including phenoxy) is 1. The predicted octanol–water partition coefficient (Wildman–Crippen LogP) is 4.62.